The van der Waals surface area contributed by atoms with Crippen molar-refractivity contribution in [3.05, 3.63) is 29.8 Å². The van der Waals surface area contributed by atoms with E-state index in [1.807, 2.05) is 19.1 Å². The Morgan fingerprint density at radius 1 is 1.24 bits per heavy atom. The lowest BCUT2D eigenvalue weighted by atomic mass is 9.86. The van der Waals surface area contributed by atoms with Crippen LogP contribution in [0.2, 0.25) is 0 Å². The SMILES string of the molecule is CCOc1ccc(C(=O)OC2CN3CCC2CC3)cc1.Cl. The van der Waals surface area contributed by atoms with Crippen molar-refractivity contribution in [3.63, 3.8) is 0 Å². The van der Waals surface area contributed by atoms with E-state index in [-0.39, 0.29) is 24.5 Å². The van der Waals surface area contributed by atoms with Gasteiger partial charge in [-0.15, -0.1) is 12.4 Å². The molecule has 1 aromatic rings. The minimum atomic E-state index is -0.216. The maximum atomic E-state index is 12.2. The van der Waals surface area contributed by atoms with Gasteiger partial charge in [0.1, 0.15) is 11.9 Å². The first-order valence-corrected chi connectivity index (χ1v) is 7.42. The average Bonchev–Trinajstić information content (AvgIpc) is 2.49. The van der Waals surface area contributed by atoms with Crippen molar-refractivity contribution in [3.8, 4) is 5.75 Å². The summed E-state index contributed by atoms with van der Waals surface area (Å²) >= 11 is 0. The van der Waals surface area contributed by atoms with E-state index in [4.69, 9.17) is 9.47 Å². The van der Waals surface area contributed by atoms with Gasteiger partial charge < -0.3 is 9.47 Å². The van der Waals surface area contributed by atoms with Gasteiger partial charge in [-0.05, 0) is 63.0 Å². The van der Waals surface area contributed by atoms with Crippen LogP contribution in [0.25, 0.3) is 0 Å². The third-order valence-corrected chi connectivity index (χ3v) is 4.26. The number of ether oxygens (including phenoxy) is 2. The topological polar surface area (TPSA) is 38.8 Å². The van der Waals surface area contributed by atoms with Gasteiger partial charge >= 0.3 is 5.97 Å². The van der Waals surface area contributed by atoms with Crippen LogP contribution < -0.4 is 4.74 Å². The van der Waals surface area contributed by atoms with Crippen LogP contribution in [-0.2, 0) is 4.74 Å². The van der Waals surface area contributed by atoms with Crippen molar-refractivity contribution in [2.75, 3.05) is 26.2 Å². The van der Waals surface area contributed by atoms with Crippen LogP contribution in [0, 0.1) is 5.92 Å². The normalized spacial score (nSPS) is 26.8. The van der Waals surface area contributed by atoms with E-state index in [0.29, 0.717) is 18.1 Å². The molecule has 1 unspecified atom stereocenters. The molecule has 5 heteroatoms. The second kappa shape index (κ2) is 7.14. The zero-order valence-electron chi connectivity index (χ0n) is 12.3. The third-order valence-electron chi connectivity index (χ3n) is 4.26. The Hall–Kier alpha value is -1.26. The summed E-state index contributed by atoms with van der Waals surface area (Å²) in [5.74, 6) is 1.12. The van der Waals surface area contributed by atoms with Crippen molar-refractivity contribution in [2.45, 2.75) is 25.9 Å². The Morgan fingerprint density at radius 3 is 2.43 bits per heavy atom. The predicted octanol–water partition coefficient (Wildman–Crippen LogP) is 2.76. The highest BCUT2D eigenvalue weighted by atomic mass is 35.5. The van der Waals surface area contributed by atoms with Gasteiger partial charge in [-0.2, -0.15) is 0 Å². The number of hydrogen-bond donors (Lipinski definition) is 0. The Kier molecular flexibility index (Phi) is 5.48. The molecular formula is C16H22ClNO3. The largest absolute Gasteiger partial charge is 0.494 e. The molecule has 3 aliphatic heterocycles. The van der Waals surface area contributed by atoms with Crippen molar-refractivity contribution in [1.29, 1.82) is 0 Å². The Balaban J connectivity index is 0.00000161. The highest BCUT2D eigenvalue weighted by Crippen LogP contribution is 2.30. The molecule has 1 atom stereocenters. The van der Waals surface area contributed by atoms with Crippen LogP contribution in [0.4, 0.5) is 0 Å². The molecule has 2 bridgehead atoms. The molecule has 3 heterocycles. The molecule has 0 aromatic heterocycles. The average molecular weight is 312 g/mol. The summed E-state index contributed by atoms with van der Waals surface area (Å²) in [6.45, 7) is 5.77. The van der Waals surface area contributed by atoms with Gasteiger partial charge in [-0.1, -0.05) is 0 Å². The number of carbonyl (C=O) groups is 1. The molecule has 0 amide bonds. The summed E-state index contributed by atoms with van der Waals surface area (Å²) in [6, 6.07) is 7.18. The second-order valence-corrected chi connectivity index (χ2v) is 5.54. The van der Waals surface area contributed by atoms with Gasteiger partial charge in [-0.3, -0.25) is 4.90 Å². The highest BCUT2D eigenvalue weighted by molar-refractivity contribution is 5.89. The number of benzene rings is 1. The summed E-state index contributed by atoms with van der Waals surface area (Å²) < 4.78 is 11.1. The van der Waals surface area contributed by atoms with Crippen molar-refractivity contribution < 1.29 is 14.3 Å². The number of carbonyl (C=O) groups excluding carboxylic acids is 1. The molecule has 0 saturated carbocycles. The Morgan fingerprint density at radius 2 is 1.90 bits per heavy atom. The van der Waals surface area contributed by atoms with Crippen LogP contribution in [0.1, 0.15) is 30.1 Å². The lowest BCUT2D eigenvalue weighted by Gasteiger charge is -2.43. The van der Waals surface area contributed by atoms with Crippen LogP contribution in [-0.4, -0.2) is 43.2 Å². The molecule has 3 fully saturated rings. The number of piperidine rings is 3. The van der Waals surface area contributed by atoms with Gasteiger partial charge in [0.2, 0.25) is 0 Å². The van der Waals surface area contributed by atoms with Crippen LogP contribution in [0.3, 0.4) is 0 Å². The van der Waals surface area contributed by atoms with Gasteiger partial charge in [0, 0.05) is 6.54 Å². The second-order valence-electron chi connectivity index (χ2n) is 5.54. The maximum Gasteiger partial charge on any atom is 0.338 e. The zero-order chi connectivity index (χ0) is 13.9. The summed E-state index contributed by atoms with van der Waals surface area (Å²) in [4.78, 5) is 14.6. The Labute approximate surface area is 131 Å². The summed E-state index contributed by atoms with van der Waals surface area (Å²) in [6.07, 6.45) is 2.37. The Bertz CT molecular complexity index is 469. The monoisotopic (exact) mass is 311 g/mol. The fourth-order valence-corrected chi connectivity index (χ4v) is 3.10. The lowest BCUT2D eigenvalue weighted by molar-refractivity contribution is -0.0455. The lowest BCUT2D eigenvalue weighted by Crippen LogP contribution is -2.51. The van der Waals surface area contributed by atoms with Crippen LogP contribution >= 0.6 is 12.4 Å². The summed E-state index contributed by atoms with van der Waals surface area (Å²) in [5, 5.41) is 0. The van der Waals surface area contributed by atoms with Crippen molar-refractivity contribution >= 4 is 18.4 Å². The van der Waals surface area contributed by atoms with Crippen LogP contribution in [0.5, 0.6) is 5.75 Å². The van der Waals surface area contributed by atoms with Gasteiger partial charge in [0.15, 0.2) is 0 Å². The van der Waals surface area contributed by atoms with E-state index in [9.17, 15) is 4.79 Å². The number of nitrogens with zero attached hydrogens (tertiary/aromatic N) is 1. The third kappa shape index (κ3) is 3.69. The fraction of sp³-hybridized carbons (Fsp3) is 0.562. The number of fused-ring (bicyclic) bond motifs is 3. The van der Waals surface area contributed by atoms with E-state index in [1.54, 1.807) is 12.1 Å². The molecule has 1 aromatic carbocycles. The molecule has 0 aliphatic carbocycles. The maximum absolute atomic E-state index is 12.2. The molecule has 21 heavy (non-hydrogen) atoms. The van der Waals surface area contributed by atoms with Gasteiger partial charge in [0.05, 0.1) is 12.2 Å². The van der Waals surface area contributed by atoms with Crippen LogP contribution in [0.15, 0.2) is 24.3 Å². The number of hydrogen-bond acceptors (Lipinski definition) is 4. The van der Waals surface area contributed by atoms with Gasteiger partial charge in [0.25, 0.3) is 0 Å². The molecule has 116 valence electrons. The van der Waals surface area contributed by atoms with E-state index in [0.717, 1.165) is 38.2 Å². The molecule has 3 aliphatic rings. The molecule has 0 spiro atoms. The van der Waals surface area contributed by atoms with Crippen molar-refractivity contribution in [1.82, 2.24) is 4.90 Å². The first kappa shape index (κ1) is 16.1. The molecule has 4 rings (SSSR count). The molecule has 0 N–H and O–H groups in total. The number of esters is 1. The minimum absolute atomic E-state index is 0. The standard InChI is InChI=1S/C16H21NO3.ClH/c1-2-19-14-5-3-13(4-6-14)16(18)20-15-11-17-9-7-12(15)8-10-17;/h3-6,12,15H,2,7-11H2,1H3;1H. The predicted molar refractivity (Wildman–Crippen MR) is 83.2 cm³/mol. The molecular weight excluding hydrogens is 290 g/mol. The molecule has 4 nitrogen and oxygen atoms in total. The fourth-order valence-electron chi connectivity index (χ4n) is 3.10. The first-order chi connectivity index (χ1) is 9.76. The molecule has 3 saturated heterocycles. The quantitative estimate of drug-likeness (QED) is 0.802. The smallest absolute Gasteiger partial charge is 0.338 e. The molecule has 0 radical (unpaired) electrons. The number of halogens is 1. The van der Waals surface area contributed by atoms with E-state index >= 15 is 0 Å². The highest BCUT2D eigenvalue weighted by Gasteiger charge is 2.36. The summed E-state index contributed by atoms with van der Waals surface area (Å²) in [5.41, 5.74) is 0.602. The van der Waals surface area contributed by atoms with Gasteiger partial charge in [-0.25, -0.2) is 4.79 Å². The first-order valence-electron chi connectivity index (χ1n) is 7.42. The van der Waals surface area contributed by atoms with E-state index in [2.05, 4.69) is 4.90 Å². The van der Waals surface area contributed by atoms with E-state index in [1.165, 1.54) is 0 Å². The number of rotatable bonds is 4. The zero-order valence-corrected chi connectivity index (χ0v) is 13.1. The van der Waals surface area contributed by atoms with E-state index < -0.39 is 0 Å². The van der Waals surface area contributed by atoms with Crippen molar-refractivity contribution in [2.24, 2.45) is 5.92 Å². The minimum Gasteiger partial charge on any atom is -0.494 e. The summed E-state index contributed by atoms with van der Waals surface area (Å²) in [7, 11) is 0.